The summed E-state index contributed by atoms with van der Waals surface area (Å²) in [5.41, 5.74) is 12.3. The minimum atomic E-state index is 0.139. The summed E-state index contributed by atoms with van der Waals surface area (Å²) >= 11 is 1.72. The molecule has 0 spiro atoms. The summed E-state index contributed by atoms with van der Waals surface area (Å²) in [6.07, 6.45) is 1.70. The van der Waals surface area contributed by atoms with Crippen LogP contribution in [0.3, 0.4) is 0 Å². The largest absolute Gasteiger partial charge is 0.306 e. The second kappa shape index (κ2) is 9.41. The molecular weight excluding hydrogens is 545 g/mol. The van der Waals surface area contributed by atoms with Crippen LogP contribution in [0.1, 0.15) is 22.3 Å². The normalized spacial score (nSPS) is 13.4. The van der Waals surface area contributed by atoms with E-state index in [1.54, 1.807) is 11.3 Å². The van der Waals surface area contributed by atoms with Crippen LogP contribution in [-0.4, -0.2) is 0 Å². The Morgan fingerprint density at radius 3 is 1.72 bits per heavy atom. The van der Waals surface area contributed by atoms with Gasteiger partial charge in [-0.2, -0.15) is 0 Å². The molecule has 7 aromatic rings. The van der Waals surface area contributed by atoms with Crippen LogP contribution in [0, 0.1) is 0 Å². The lowest BCUT2D eigenvalue weighted by Gasteiger charge is -2.40. The average Bonchev–Trinajstić information content (AvgIpc) is 3.06. The highest BCUT2D eigenvalue weighted by Gasteiger charge is 2.30. The Bertz CT molecular complexity index is 2240. The zero-order valence-corrected chi connectivity index (χ0v) is 24.1. The van der Waals surface area contributed by atoms with E-state index in [0.717, 1.165) is 67.1 Å². The van der Waals surface area contributed by atoms with Crippen LogP contribution in [0.25, 0.3) is 20.2 Å². The van der Waals surface area contributed by atoms with Crippen molar-refractivity contribution in [2.45, 2.75) is 12.8 Å². The first-order valence-electron chi connectivity index (χ1n) is 14.7. The van der Waals surface area contributed by atoms with Gasteiger partial charge in [-0.1, -0.05) is 60.7 Å². The van der Waals surface area contributed by atoms with Crippen LogP contribution < -0.4 is 15.2 Å². The van der Waals surface area contributed by atoms with Crippen molar-refractivity contribution in [1.29, 1.82) is 0 Å². The maximum atomic E-state index is 13.4. The monoisotopic (exact) mass is 570 g/mol. The van der Waals surface area contributed by atoms with E-state index in [-0.39, 0.29) is 5.43 Å². The Morgan fingerprint density at radius 1 is 0.442 bits per heavy atom. The highest BCUT2D eigenvalue weighted by molar-refractivity contribution is 7.24. The minimum Gasteiger partial charge on any atom is -0.306 e. The minimum absolute atomic E-state index is 0.139. The fourth-order valence-electron chi connectivity index (χ4n) is 6.84. The zero-order valence-electron chi connectivity index (χ0n) is 23.3. The number of anilines is 6. The third kappa shape index (κ3) is 3.77. The Balaban J connectivity index is 1.16. The van der Waals surface area contributed by atoms with E-state index in [9.17, 15) is 4.79 Å². The molecule has 0 amide bonds. The molecule has 9 rings (SSSR count). The maximum absolute atomic E-state index is 13.4. The van der Waals surface area contributed by atoms with Crippen molar-refractivity contribution in [3.63, 3.8) is 0 Å². The molecule has 0 N–H and O–H groups in total. The molecule has 0 saturated carbocycles. The van der Waals surface area contributed by atoms with Crippen molar-refractivity contribution in [1.82, 2.24) is 0 Å². The second-order valence-corrected chi connectivity index (χ2v) is 12.4. The van der Waals surface area contributed by atoms with Gasteiger partial charge in [0.05, 0.1) is 22.7 Å². The van der Waals surface area contributed by atoms with Gasteiger partial charge >= 0.3 is 0 Å². The highest BCUT2D eigenvalue weighted by atomic mass is 32.1. The fourth-order valence-corrected chi connectivity index (χ4v) is 7.96. The molecular formula is C39H26N2OS. The van der Waals surface area contributed by atoms with E-state index in [4.69, 9.17) is 0 Å². The van der Waals surface area contributed by atoms with Crippen LogP contribution in [0.15, 0.2) is 138 Å². The lowest BCUT2D eigenvalue weighted by molar-refractivity contribution is 1.00. The SMILES string of the molecule is O=c1c2ccccc2sc2cc3c(cc12)Cc1ccc(N2c4ccccc4N(c4ccccc4)c4ccccc42)cc1C3. The summed E-state index contributed by atoms with van der Waals surface area (Å²) < 4.78 is 2.12. The molecule has 0 fully saturated rings. The summed E-state index contributed by atoms with van der Waals surface area (Å²) in [4.78, 5) is 18.1. The molecule has 0 bridgehead atoms. The van der Waals surface area contributed by atoms with Gasteiger partial charge in [-0.05, 0) is 108 Å². The molecule has 43 heavy (non-hydrogen) atoms. The van der Waals surface area contributed by atoms with Crippen molar-refractivity contribution < 1.29 is 0 Å². The molecule has 0 unspecified atom stereocenters. The first-order chi connectivity index (χ1) is 21.2. The van der Waals surface area contributed by atoms with Crippen LogP contribution in [0.2, 0.25) is 0 Å². The summed E-state index contributed by atoms with van der Waals surface area (Å²) in [6, 6.07) is 47.2. The first kappa shape index (κ1) is 24.4. The third-order valence-corrected chi connectivity index (χ3v) is 9.98. The summed E-state index contributed by atoms with van der Waals surface area (Å²) in [5.74, 6) is 0. The molecule has 0 radical (unpaired) electrons. The van der Waals surface area contributed by atoms with Crippen LogP contribution >= 0.6 is 11.3 Å². The summed E-state index contributed by atoms with van der Waals surface area (Å²) in [6.45, 7) is 0. The molecule has 4 heteroatoms. The van der Waals surface area contributed by atoms with E-state index in [2.05, 4.69) is 125 Å². The number of para-hydroxylation sites is 5. The molecule has 1 aliphatic heterocycles. The zero-order chi connectivity index (χ0) is 28.5. The second-order valence-electron chi connectivity index (χ2n) is 11.3. The Labute approximate surface area is 253 Å². The van der Waals surface area contributed by atoms with Gasteiger partial charge in [0.15, 0.2) is 5.43 Å². The Kier molecular flexibility index (Phi) is 5.34. The number of rotatable bonds is 2. The number of hydrogen-bond donors (Lipinski definition) is 0. The van der Waals surface area contributed by atoms with Gasteiger partial charge in [0.25, 0.3) is 0 Å². The maximum Gasteiger partial charge on any atom is 0.195 e. The van der Waals surface area contributed by atoms with Crippen molar-refractivity contribution in [2.75, 3.05) is 9.80 Å². The van der Waals surface area contributed by atoms with Gasteiger partial charge in [-0.15, -0.1) is 11.3 Å². The number of nitrogens with zero attached hydrogens (tertiary/aromatic N) is 2. The Morgan fingerprint density at radius 2 is 1.00 bits per heavy atom. The van der Waals surface area contributed by atoms with E-state index < -0.39 is 0 Å². The van der Waals surface area contributed by atoms with Gasteiger partial charge in [-0.25, -0.2) is 0 Å². The standard InChI is InChI=1S/C39H26N2OS/c42-39-31-12-4-9-17-37(31)43-38-24-28-21-26-22-30(19-18-25(26)20-27(28)23-32(38)39)41-35-15-7-5-13-33(35)40(29-10-2-1-3-11-29)34-14-6-8-16-36(34)41/h1-19,22-24H,20-21H2. The predicted octanol–water partition coefficient (Wildman–Crippen LogP) is 10.2. The summed E-state index contributed by atoms with van der Waals surface area (Å²) in [7, 11) is 0. The fraction of sp³-hybridized carbons (Fsp3) is 0.0513. The van der Waals surface area contributed by atoms with Gasteiger partial charge in [-0.3, -0.25) is 4.79 Å². The molecule has 3 nitrogen and oxygen atoms in total. The van der Waals surface area contributed by atoms with Gasteiger partial charge < -0.3 is 9.80 Å². The van der Waals surface area contributed by atoms with Gasteiger partial charge in [0.1, 0.15) is 0 Å². The third-order valence-electron chi connectivity index (χ3n) is 8.85. The highest BCUT2D eigenvalue weighted by Crippen LogP contribution is 2.54. The number of hydrogen-bond acceptors (Lipinski definition) is 4. The first-order valence-corrected chi connectivity index (χ1v) is 15.5. The van der Waals surface area contributed by atoms with Crippen LogP contribution in [-0.2, 0) is 12.8 Å². The van der Waals surface area contributed by atoms with E-state index in [1.807, 2.05) is 18.2 Å². The molecule has 1 aliphatic carbocycles. The quantitative estimate of drug-likeness (QED) is 0.193. The lowest BCUT2D eigenvalue weighted by Crippen LogP contribution is -2.24. The smallest absolute Gasteiger partial charge is 0.195 e. The van der Waals surface area contributed by atoms with Gasteiger partial charge in [0, 0.05) is 31.5 Å². The molecule has 2 aliphatic rings. The molecule has 6 aromatic carbocycles. The molecule has 1 aromatic heterocycles. The van der Waals surface area contributed by atoms with Crippen molar-refractivity contribution in [3.8, 4) is 0 Å². The lowest BCUT2D eigenvalue weighted by atomic mass is 9.85. The van der Waals surface area contributed by atoms with Crippen LogP contribution in [0.5, 0.6) is 0 Å². The van der Waals surface area contributed by atoms with Crippen molar-refractivity contribution >= 4 is 65.6 Å². The van der Waals surface area contributed by atoms with Gasteiger partial charge in [0.2, 0.25) is 0 Å². The topological polar surface area (TPSA) is 23.6 Å². The van der Waals surface area contributed by atoms with E-state index >= 15 is 0 Å². The number of benzene rings is 6. The molecule has 0 saturated heterocycles. The average molecular weight is 571 g/mol. The molecule has 2 heterocycles. The predicted molar refractivity (Wildman–Crippen MR) is 181 cm³/mol. The Hall–Kier alpha value is -5.19. The van der Waals surface area contributed by atoms with E-state index in [0.29, 0.717) is 0 Å². The van der Waals surface area contributed by atoms with Crippen LogP contribution in [0.4, 0.5) is 34.1 Å². The molecule has 204 valence electrons. The van der Waals surface area contributed by atoms with E-state index in [1.165, 1.54) is 22.3 Å². The number of fused-ring (bicyclic) bond motifs is 6. The van der Waals surface area contributed by atoms with Crippen molar-refractivity contribution in [3.05, 3.63) is 166 Å². The van der Waals surface area contributed by atoms with Crippen molar-refractivity contribution in [2.24, 2.45) is 0 Å². The molecule has 0 atom stereocenters. The summed E-state index contributed by atoms with van der Waals surface area (Å²) in [5, 5.41) is 1.65.